The van der Waals surface area contributed by atoms with Crippen LogP contribution in [0.1, 0.15) is 39.5 Å². The fraction of sp³-hybridized carbons (Fsp3) is 0.538. The van der Waals surface area contributed by atoms with Gasteiger partial charge >= 0.3 is 0 Å². The van der Waals surface area contributed by atoms with Crippen LogP contribution in [-0.4, -0.2) is 6.04 Å². The number of benzene rings is 1. The van der Waals surface area contributed by atoms with Gasteiger partial charge in [-0.25, -0.2) is 4.39 Å². The lowest BCUT2D eigenvalue weighted by atomic mass is 10.1. The van der Waals surface area contributed by atoms with Crippen molar-refractivity contribution in [3.63, 3.8) is 0 Å². The quantitative estimate of drug-likeness (QED) is 0.716. The van der Waals surface area contributed by atoms with Crippen LogP contribution in [0.15, 0.2) is 16.6 Å². The first-order valence-electron chi connectivity index (χ1n) is 5.99. The molecule has 0 unspecified atom stereocenters. The lowest BCUT2D eigenvalue weighted by molar-refractivity contribution is 0.585. The third-order valence-electron chi connectivity index (χ3n) is 2.63. The summed E-state index contributed by atoms with van der Waals surface area (Å²) in [5, 5.41) is 3.82. The predicted molar refractivity (Wildman–Crippen MR) is 76.3 cm³/mol. The molecule has 1 nitrogen and oxygen atoms in total. The smallest absolute Gasteiger partial charge is 0.125 e. The second-order valence-corrected chi connectivity index (χ2v) is 5.42. The van der Waals surface area contributed by atoms with E-state index in [0.29, 0.717) is 15.5 Å². The molecule has 0 aliphatic heterocycles. The van der Waals surface area contributed by atoms with Crippen molar-refractivity contribution in [3.05, 3.63) is 27.4 Å². The van der Waals surface area contributed by atoms with Crippen molar-refractivity contribution in [2.45, 2.75) is 45.6 Å². The van der Waals surface area contributed by atoms with Gasteiger partial charge in [-0.05, 0) is 40.9 Å². The van der Waals surface area contributed by atoms with Crippen molar-refractivity contribution in [1.82, 2.24) is 0 Å². The molecular formula is C13H18BrClFN. The van der Waals surface area contributed by atoms with Crippen molar-refractivity contribution in [2.75, 3.05) is 5.32 Å². The van der Waals surface area contributed by atoms with Crippen molar-refractivity contribution < 1.29 is 4.39 Å². The van der Waals surface area contributed by atoms with Gasteiger partial charge in [-0.2, -0.15) is 0 Å². The van der Waals surface area contributed by atoms with Crippen LogP contribution in [0.4, 0.5) is 10.1 Å². The Kier molecular flexibility index (Phi) is 6.28. The summed E-state index contributed by atoms with van der Waals surface area (Å²) in [5.41, 5.74) is 0.792. The van der Waals surface area contributed by atoms with Gasteiger partial charge < -0.3 is 5.32 Å². The Morgan fingerprint density at radius 1 is 1.29 bits per heavy atom. The van der Waals surface area contributed by atoms with E-state index in [1.165, 1.54) is 12.1 Å². The van der Waals surface area contributed by atoms with Gasteiger partial charge in [0.15, 0.2) is 0 Å². The highest BCUT2D eigenvalue weighted by Gasteiger charge is 2.12. The van der Waals surface area contributed by atoms with Gasteiger partial charge in [-0.1, -0.05) is 38.3 Å². The Hall–Kier alpha value is -0.280. The summed E-state index contributed by atoms with van der Waals surface area (Å²) in [6, 6.07) is 3.16. The number of nitrogens with one attached hydrogen (secondary N) is 1. The van der Waals surface area contributed by atoms with E-state index in [9.17, 15) is 4.39 Å². The summed E-state index contributed by atoms with van der Waals surface area (Å²) in [6.07, 6.45) is 4.42. The lowest BCUT2D eigenvalue weighted by Gasteiger charge is -2.20. The summed E-state index contributed by atoms with van der Waals surface area (Å²) in [5.74, 6) is -0.324. The minimum atomic E-state index is -0.324. The van der Waals surface area contributed by atoms with Gasteiger partial charge in [-0.15, -0.1) is 0 Å². The number of anilines is 1. The van der Waals surface area contributed by atoms with Crippen molar-refractivity contribution in [2.24, 2.45) is 0 Å². The number of hydrogen-bond donors (Lipinski definition) is 1. The molecule has 0 aromatic heterocycles. The summed E-state index contributed by atoms with van der Waals surface area (Å²) < 4.78 is 13.8. The van der Waals surface area contributed by atoms with E-state index in [4.69, 9.17) is 11.6 Å². The van der Waals surface area contributed by atoms with Gasteiger partial charge in [0.25, 0.3) is 0 Å². The maximum Gasteiger partial charge on any atom is 0.125 e. The molecule has 0 fully saturated rings. The Morgan fingerprint density at radius 3 is 2.35 bits per heavy atom. The van der Waals surface area contributed by atoms with E-state index in [1.54, 1.807) is 0 Å². The van der Waals surface area contributed by atoms with Crippen molar-refractivity contribution in [3.8, 4) is 0 Å². The molecule has 0 saturated carbocycles. The first-order chi connectivity index (χ1) is 8.08. The molecule has 1 rings (SSSR count). The zero-order chi connectivity index (χ0) is 12.8. The predicted octanol–water partition coefficient (Wildman–Crippen LogP) is 5.62. The minimum absolute atomic E-state index is 0.324. The summed E-state index contributed by atoms with van der Waals surface area (Å²) in [4.78, 5) is 0. The van der Waals surface area contributed by atoms with Crippen molar-refractivity contribution in [1.29, 1.82) is 0 Å². The molecule has 0 spiro atoms. The molecule has 0 amide bonds. The van der Waals surface area contributed by atoms with Crippen LogP contribution in [-0.2, 0) is 0 Å². The maximum atomic E-state index is 13.1. The zero-order valence-corrected chi connectivity index (χ0v) is 12.5. The summed E-state index contributed by atoms with van der Waals surface area (Å²) in [7, 11) is 0. The average molecular weight is 323 g/mol. The molecule has 1 N–H and O–H groups in total. The van der Waals surface area contributed by atoms with Crippen LogP contribution in [0.5, 0.6) is 0 Å². The first kappa shape index (κ1) is 14.8. The number of hydrogen-bond acceptors (Lipinski definition) is 1. The molecule has 1 aromatic rings. The zero-order valence-electron chi connectivity index (χ0n) is 10.2. The fourth-order valence-corrected chi connectivity index (χ4v) is 2.79. The molecule has 0 atom stereocenters. The topological polar surface area (TPSA) is 12.0 Å². The Bertz CT molecular complexity index is 341. The van der Waals surface area contributed by atoms with Gasteiger partial charge in [0.2, 0.25) is 0 Å². The monoisotopic (exact) mass is 321 g/mol. The first-order valence-corrected chi connectivity index (χ1v) is 7.16. The van der Waals surface area contributed by atoms with E-state index in [2.05, 4.69) is 35.1 Å². The molecule has 0 heterocycles. The Morgan fingerprint density at radius 2 is 1.88 bits per heavy atom. The van der Waals surface area contributed by atoms with Gasteiger partial charge in [0.05, 0.1) is 10.7 Å². The molecule has 4 heteroatoms. The van der Waals surface area contributed by atoms with Crippen LogP contribution < -0.4 is 5.32 Å². The van der Waals surface area contributed by atoms with E-state index >= 15 is 0 Å². The normalized spacial score (nSPS) is 10.9. The van der Waals surface area contributed by atoms with E-state index in [0.717, 1.165) is 31.4 Å². The standard InChI is InChI=1S/C13H18BrClFN/c1-3-5-10(6-4-2)17-13-11(14)7-9(16)8-12(13)15/h7-8,10,17H,3-6H2,1-2H3. The molecule has 0 saturated heterocycles. The van der Waals surface area contributed by atoms with Crippen LogP contribution in [0.3, 0.4) is 0 Å². The van der Waals surface area contributed by atoms with Crippen molar-refractivity contribution >= 4 is 33.2 Å². The minimum Gasteiger partial charge on any atom is -0.380 e. The van der Waals surface area contributed by atoms with Crippen LogP contribution in [0.25, 0.3) is 0 Å². The average Bonchev–Trinajstić information content (AvgIpc) is 2.23. The maximum absolute atomic E-state index is 13.1. The summed E-state index contributed by atoms with van der Waals surface area (Å²) >= 11 is 9.39. The van der Waals surface area contributed by atoms with Crippen LogP contribution in [0.2, 0.25) is 5.02 Å². The highest BCUT2D eigenvalue weighted by Crippen LogP contribution is 2.33. The largest absolute Gasteiger partial charge is 0.380 e. The highest BCUT2D eigenvalue weighted by molar-refractivity contribution is 9.10. The third kappa shape index (κ3) is 4.47. The lowest BCUT2D eigenvalue weighted by Crippen LogP contribution is -2.19. The fourth-order valence-electron chi connectivity index (χ4n) is 1.87. The molecule has 1 aromatic carbocycles. The van der Waals surface area contributed by atoms with E-state index < -0.39 is 0 Å². The SMILES string of the molecule is CCCC(CCC)Nc1c(Cl)cc(F)cc1Br. The van der Waals surface area contributed by atoms with Gasteiger partial charge in [0.1, 0.15) is 5.82 Å². The molecule has 0 bridgehead atoms. The van der Waals surface area contributed by atoms with Gasteiger partial charge in [-0.3, -0.25) is 0 Å². The summed E-state index contributed by atoms with van der Waals surface area (Å²) in [6.45, 7) is 4.32. The van der Waals surface area contributed by atoms with Gasteiger partial charge in [0, 0.05) is 10.5 Å². The molecular weight excluding hydrogens is 305 g/mol. The van der Waals surface area contributed by atoms with Crippen LogP contribution >= 0.6 is 27.5 Å². The second kappa shape index (κ2) is 7.22. The molecule has 0 radical (unpaired) electrons. The van der Waals surface area contributed by atoms with E-state index in [1.807, 2.05) is 0 Å². The second-order valence-electron chi connectivity index (χ2n) is 4.16. The number of rotatable bonds is 6. The van der Waals surface area contributed by atoms with Crippen LogP contribution in [0, 0.1) is 5.82 Å². The molecule has 17 heavy (non-hydrogen) atoms. The number of halogens is 3. The molecule has 96 valence electrons. The highest BCUT2D eigenvalue weighted by atomic mass is 79.9. The Labute approximate surface area is 116 Å². The Balaban J connectivity index is 2.84. The third-order valence-corrected chi connectivity index (χ3v) is 3.55. The van der Waals surface area contributed by atoms with E-state index in [-0.39, 0.29) is 5.82 Å². The molecule has 0 aliphatic rings. The molecule has 0 aliphatic carbocycles.